The maximum absolute atomic E-state index is 13.0. The summed E-state index contributed by atoms with van der Waals surface area (Å²) in [5.41, 5.74) is 1.78. The first-order valence-electron chi connectivity index (χ1n) is 9.63. The van der Waals surface area contributed by atoms with Crippen LogP contribution in [-0.2, 0) is 4.79 Å². The standard InChI is InChI=1S/C25H13NO4S/c27-22-18-10-15-8-4-5-9-16(15)11-20(18)30-25(28)19(22)12-17-13-21-23(29-17)26-24(31-21)14-6-2-1-3-7-14/h1-13H/b19-12-. The van der Waals surface area contributed by atoms with E-state index < -0.39 is 5.97 Å². The van der Waals surface area contributed by atoms with Crippen LogP contribution in [0.2, 0.25) is 0 Å². The molecule has 148 valence electrons. The first kappa shape index (κ1) is 17.8. The van der Waals surface area contributed by atoms with E-state index >= 15 is 0 Å². The molecule has 3 heterocycles. The van der Waals surface area contributed by atoms with Gasteiger partial charge in [-0.1, -0.05) is 54.6 Å². The fourth-order valence-corrected chi connectivity index (χ4v) is 4.61. The molecule has 1 aliphatic rings. The highest BCUT2D eigenvalue weighted by molar-refractivity contribution is 7.21. The van der Waals surface area contributed by atoms with Crippen molar-refractivity contribution in [2.75, 3.05) is 0 Å². The first-order valence-corrected chi connectivity index (χ1v) is 10.4. The number of thiazole rings is 1. The summed E-state index contributed by atoms with van der Waals surface area (Å²) < 4.78 is 12.1. The zero-order valence-corrected chi connectivity index (χ0v) is 16.8. The third kappa shape index (κ3) is 2.96. The third-order valence-electron chi connectivity index (χ3n) is 5.18. The highest BCUT2D eigenvalue weighted by Gasteiger charge is 2.31. The Morgan fingerprint density at radius 2 is 1.61 bits per heavy atom. The van der Waals surface area contributed by atoms with Gasteiger partial charge in [-0.05, 0) is 29.0 Å². The number of benzene rings is 3. The van der Waals surface area contributed by atoms with Crippen LogP contribution in [0.1, 0.15) is 16.1 Å². The number of ether oxygens (including phenoxy) is 1. The van der Waals surface area contributed by atoms with Crippen LogP contribution in [0.5, 0.6) is 5.75 Å². The maximum atomic E-state index is 13.0. The van der Waals surface area contributed by atoms with Crippen LogP contribution < -0.4 is 4.74 Å². The van der Waals surface area contributed by atoms with E-state index in [2.05, 4.69) is 4.98 Å². The lowest BCUT2D eigenvalue weighted by Gasteiger charge is -2.17. The van der Waals surface area contributed by atoms with Crippen LogP contribution in [0.3, 0.4) is 0 Å². The molecule has 0 aliphatic carbocycles. The van der Waals surface area contributed by atoms with E-state index in [1.54, 1.807) is 18.2 Å². The number of hydrogen-bond acceptors (Lipinski definition) is 6. The number of furan rings is 1. The molecule has 3 aromatic carbocycles. The molecule has 0 N–H and O–H groups in total. The molecule has 5 aromatic rings. The predicted molar refractivity (Wildman–Crippen MR) is 119 cm³/mol. The van der Waals surface area contributed by atoms with Gasteiger partial charge in [-0.15, -0.1) is 11.3 Å². The summed E-state index contributed by atoms with van der Waals surface area (Å²) in [6, 6.07) is 22.7. The predicted octanol–water partition coefficient (Wildman–Crippen LogP) is 5.89. The van der Waals surface area contributed by atoms with Crippen LogP contribution in [-0.4, -0.2) is 16.7 Å². The maximum Gasteiger partial charge on any atom is 0.347 e. The molecule has 0 amide bonds. The van der Waals surface area contributed by atoms with Gasteiger partial charge >= 0.3 is 5.97 Å². The molecular weight excluding hydrogens is 410 g/mol. The Labute approximate surface area is 180 Å². The Bertz CT molecular complexity index is 1510. The van der Waals surface area contributed by atoms with Gasteiger partial charge < -0.3 is 9.15 Å². The molecule has 0 radical (unpaired) electrons. The number of nitrogens with zero attached hydrogens (tertiary/aromatic N) is 1. The summed E-state index contributed by atoms with van der Waals surface area (Å²) in [6.45, 7) is 0. The van der Waals surface area contributed by atoms with Gasteiger partial charge in [0.25, 0.3) is 0 Å². The van der Waals surface area contributed by atoms with Crippen molar-refractivity contribution in [3.8, 4) is 16.3 Å². The Morgan fingerprint density at radius 3 is 2.39 bits per heavy atom. The summed E-state index contributed by atoms with van der Waals surface area (Å²) in [5.74, 6) is -0.404. The monoisotopic (exact) mass is 423 g/mol. The minimum absolute atomic E-state index is 0.0625. The van der Waals surface area contributed by atoms with Crippen LogP contribution >= 0.6 is 11.3 Å². The van der Waals surface area contributed by atoms with E-state index in [1.807, 2.05) is 54.6 Å². The van der Waals surface area contributed by atoms with Crippen molar-refractivity contribution >= 4 is 50.4 Å². The molecule has 6 heteroatoms. The zero-order chi connectivity index (χ0) is 20.9. The number of hydrogen-bond donors (Lipinski definition) is 0. The fourth-order valence-electron chi connectivity index (χ4n) is 3.67. The SMILES string of the molecule is O=C1Oc2cc3ccccc3cc2C(=O)/C1=C/c1cc2sc(-c3ccccc3)nc2o1. The number of ketones is 1. The molecular formula is C25H13NO4S. The van der Waals surface area contributed by atoms with Gasteiger partial charge in [0.15, 0.2) is 0 Å². The average molecular weight is 423 g/mol. The minimum atomic E-state index is -0.689. The van der Waals surface area contributed by atoms with E-state index in [0.717, 1.165) is 26.0 Å². The van der Waals surface area contributed by atoms with Gasteiger partial charge in [-0.25, -0.2) is 9.78 Å². The van der Waals surface area contributed by atoms with Gasteiger partial charge in [-0.2, -0.15) is 0 Å². The lowest BCUT2D eigenvalue weighted by molar-refractivity contribution is -0.130. The summed E-state index contributed by atoms with van der Waals surface area (Å²) in [5, 5.41) is 2.66. The highest BCUT2D eigenvalue weighted by Crippen LogP contribution is 2.35. The quantitative estimate of drug-likeness (QED) is 0.153. The van der Waals surface area contributed by atoms with E-state index in [-0.39, 0.29) is 17.1 Å². The molecule has 6 rings (SSSR count). The molecule has 1 aliphatic heterocycles. The molecule has 0 fully saturated rings. The van der Waals surface area contributed by atoms with Gasteiger partial charge in [0.05, 0.1) is 10.3 Å². The number of Topliss-reactive ketones (excluding diaryl/α,β-unsaturated/α-hetero) is 1. The van der Waals surface area contributed by atoms with Crippen molar-refractivity contribution in [1.29, 1.82) is 0 Å². The van der Waals surface area contributed by atoms with E-state index in [1.165, 1.54) is 17.4 Å². The lowest BCUT2D eigenvalue weighted by Crippen LogP contribution is -2.25. The fraction of sp³-hybridized carbons (Fsp3) is 0. The average Bonchev–Trinajstić information content (AvgIpc) is 3.35. The second kappa shape index (κ2) is 6.75. The van der Waals surface area contributed by atoms with Gasteiger partial charge in [0.2, 0.25) is 11.5 Å². The Hall–Kier alpha value is -4.03. The van der Waals surface area contributed by atoms with Crippen LogP contribution in [0.15, 0.2) is 82.8 Å². The molecule has 0 saturated heterocycles. The van der Waals surface area contributed by atoms with Gasteiger partial charge in [0, 0.05) is 11.6 Å². The van der Waals surface area contributed by atoms with E-state index in [4.69, 9.17) is 9.15 Å². The van der Waals surface area contributed by atoms with Crippen molar-refractivity contribution in [2.24, 2.45) is 0 Å². The normalized spacial score (nSPS) is 14.9. The Balaban J connectivity index is 1.38. The molecule has 5 nitrogen and oxygen atoms in total. The summed E-state index contributed by atoms with van der Waals surface area (Å²) in [4.78, 5) is 30.1. The van der Waals surface area contributed by atoms with Crippen LogP contribution in [0.4, 0.5) is 0 Å². The summed E-state index contributed by atoms with van der Waals surface area (Å²) in [6.07, 6.45) is 1.43. The van der Waals surface area contributed by atoms with Crippen LogP contribution in [0.25, 0.3) is 37.8 Å². The first-order chi connectivity index (χ1) is 15.2. The Morgan fingerprint density at radius 1 is 0.871 bits per heavy atom. The lowest BCUT2D eigenvalue weighted by atomic mass is 9.96. The smallest absolute Gasteiger partial charge is 0.347 e. The Kier molecular flexibility index (Phi) is 3.88. The van der Waals surface area contributed by atoms with Crippen molar-refractivity contribution in [3.63, 3.8) is 0 Å². The van der Waals surface area contributed by atoms with Gasteiger partial charge in [-0.3, -0.25) is 4.79 Å². The molecule has 0 saturated carbocycles. The second-order valence-electron chi connectivity index (χ2n) is 7.18. The molecule has 0 atom stereocenters. The second-order valence-corrected chi connectivity index (χ2v) is 8.21. The third-order valence-corrected chi connectivity index (χ3v) is 6.21. The molecule has 0 bridgehead atoms. The van der Waals surface area contributed by atoms with Crippen molar-refractivity contribution in [3.05, 3.63) is 89.7 Å². The molecule has 31 heavy (non-hydrogen) atoms. The van der Waals surface area contributed by atoms with Crippen molar-refractivity contribution in [2.45, 2.75) is 0 Å². The number of esters is 1. The topological polar surface area (TPSA) is 69.4 Å². The van der Waals surface area contributed by atoms with E-state index in [9.17, 15) is 9.59 Å². The highest BCUT2D eigenvalue weighted by atomic mass is 32.1. The van der Waals surface area contributed by atoms with Crippen molar-refractivity contribution in [1.82, 2.24) is 4.98 Å². The number of fused-ring (bicyclic) bond motifs is 3. The molecule has 2 aromatic heterocycles. The molecule has 0 spiro atoms. The zero-order valence-electron chi connectivity index (χ0n) is 16.0. The number of carbonyl (C=O) groups is 2. The molecule has 0 unspecified atom stereocenters. The largest absolute Gasteiger partial charge is 0.437 e. The summed E-state index contributed by atoms with van der Waals surface area (Å²) >= 11 is 1.49. The van der Waals surface area contributed by atoms with E-state index in [0.29, 0.717) is 17.0 Å². The minimum Gasteiger partial charge on any atom is -0.437 e. The van der Waals surface area contributed by atoms with Gasteiger partial charge in [0.1, 0.15) is 22.1 Å². The van der Waals surface area contributed by atoms with Crippen molar-refractivity contribution < 1.29 is 18.7 Å². The number of aromatic nitrogens is 1. The summed E-state index contributed by atoms with van der Waals surface area (Å²) in [7, 11) is 0. The number of rotatable bonds is 2. The van der Waals surface area contributed by atoms with Crippen LogP contribution in [0, 0.1) is 0 Å². The number of carbonyl (C=O) groups excluding carboxylic acids is 2.